The number of rotatable bonds is 6. The molecular formula is C22H27N5O3. The van der Waals surface area contributed by atoms with E-state index in [4.69, 9.17) is 0 Å². The van der Waals surface area contributed by atoms with Crippen molar-refractivity contribution in [3.63, 3.8) is 0 Å². The lowest BCUT2D eigenvalue weighted by molar-refractivity contribution is -0.145. The van der Waals surface area contributed by atoms with Gasteiger partial charge in [0, 0.05) is 17.9 Å². The summed E-state index contributed by atoms with van der Waals surface area (Å²) < 4.78 is 1.86. The van der Waals surface area contributed by atoms with Crippen LogP contribution in [-0.2, 0) is 22.2 Å². The zero-order chi connectivity index (χ0) is 21.0. The second kappa shape index (κ2) is 6.62. The van der Waals surface area contributed by atoms with E-state index >= 15 is 0 Å². The minimum Gasteiger partial charge on any atom is -0.481 e. The summed E-state index contributed by atoms with van der Waals surface area (Å²) in [7, 11) is 0. The molecule has 158 valence electrons. The number of aryl methyl sites for hydroxylation is 1. The fourth-order valence-corrected chi connectivity index (χ4v) is 5.68. The van der Waals surface area contributed by atoms with Crippen molar-refractivity contribution in [1.29, 1.82) is 0 Å². The van der Waals surface area contributed by atoms with Gasteiger partial charge in [0.15, 0.2) is 0 Å². The van der Waals surface area contributed by atoms with E-state index in [9.17, 15) is 14.7 Å². The van der Waals surface area contributed by atoms with Crippen molar-refractivity contribution in [1.82, 2.24) is 25.3 Å². The Morgan fingerprint density at radius 3 is 2.57 bits per heavy atom. The summed E-state index contributed by atoms with van der Waals surface area (Å²) in [5.41, 5.74) is 0.985. The van der Waals surface area contributed by atoms with Gasteiger partial charge in [0.2, 0.25) is 0 Å². The molecule has 0 unspecified atom stereocenters. The van der Waals surface area contributed by atoms with Crippen LogP contribution in [0.5, 0.6) is 0 Å². The van der Waals surface area contributed by atoms with Crippen molar-refractivity contribution in [2.24, 2.45) is 0 Å². The largest absolute Gasteiger partial charge is 0.481 e. The number of carboxylic acids is 1. The van der Waals surface area contributed by atoms with Gasteiger partial charge >= 0.3 is 5.97 Å². The van der Waals surface area contributed by atoms with Crippen LogP contribution in [0.15, 0.2) is 24.7 Å². The van der Waals surface area contributed by atoms with Crippen molar-refractivity contribution in [3.05, 3.63) is 41.5 Å². The highest BCUT2D eigenvalue weighted by molar-refractivity contribution is 5.95. The van der Waals surface area contributed by atoms with Crippen LogP contribution in [0.25, 0.3) is 0 Å². The van der Waals surface area contributed by atoms with E-state index in [2.05, 4.69) is 20.6 Å². The van der Waals surface area contributed by atoms with Gasteiger partial charge < -0.3 is 10.4 Å². The van der Waals surface area contributed by atoms with Crippen molar-refractivity contribution in [3.8, 4) is 0 Å². The fraction of sp³-hybridized carbons (Fsp3) is 0.591. The molecule has 2 bridgehead atoms. The Kier molecular flexibility index (Phi) is 4.24. The van der Waals surface area contributed by atoms with Crippen LogP contribution in [0.1, 0.15) is 79.9 Å². The molecule has 4 saturated carbocycles. The van der Waals surface area contributed by atoms with Crippen LogP contribution in [-0.4, -0.2) is 42.5 Å². The Hall–Kier alpha value is -2.77. The molecule has 0 atom stereocenters. The molecule has 8 nitrogen and oxygen atoms in total. The van der Waals surface area contributed by atoms with E-state index in [1.54, 1.807) is 12.4 Å². The minimum atomic E-state index is -0.900. The van der Waals surface area contributed by atoms with Gasteiger partial charge in [0.1, 0.15) is 5.41 Å². The van der Waals surface area contributed by atoms with Crippen LogP contribution < -0.4 is 5.32 Å². The lowest BCUT2D eigenvalue weighted by atomic mass is 9.44. The summed E-state index contributed by atoms with van der Waals surface area (Å²) >= 11 is 0. The predicted molar refractivity (Wildman–Crippen MR) is 108 cm³/mol. The molecule has 4 fully saturated rings. The number of aliphatic carboxylic acids is 1. The third-order valence-corrected chi connectivity index (χ3v) is 7.43. The molecule has 0 saturated heterocycles. The molecule has 0 spiro atoms. The van der Waals surface area contributed by atoms with Gasteiger partial charge in [-0.25, -0.2) is 4.68 Å². The molecule has 0 radical (unpaired) electrons. The first-order valence-corrected chi connectivity index (χ1v) is 10.8. The molecule has 4 aliphatic carbocycles. The molecular weight excluding hydrogens is 382 g/mol. The van der Waals surface area contributed by atoms with E-state index in [1.807, 2.05) is 23.9 Å². The molecule has 8 heteroatoms. The third kappa shape index (κ3) is 2.76. The van der Waals surface area contributed by atoms with Crippen molar-refractivity contribution in [2.75, 3.05) is 0 Å². The van der Waals surface area contributed by atoms with Gasteiger partial charge in [-0.15, -0.1) is 5.10 Å². The molecule has 6 rings (SSSR count). The van der Waals surface area contributed by atoms with E-state index < -0.39 is 11.4 Å². The SMILES string of the molecule is CCc1cncc(C(=O)NC23CC(n4cc(C5(C(=O)O)CCCCC5)nn4)(C2)C3)c1. The average Bonchev–Trinajstić information content (AvgIpc) is 3.20. The van der Waals surface area contributed by atoms with Gasteiger partial charge in [-0.3, -0.25) is 14.6 Å². The smallest absolute Gasteiger partial charge is 0.315 e. The van der Waals surface area contributed by atoms with Crippen molar-refractivity contribution in [2.45, 2.75) is 81.2 Å². The molecule has 2 aromatic rings. The number of pyridine rings is 1. The predicted octanol–water partition coefficient (Wildman–Crippen LogP) is 2.58. The van der Waals surface area contributed by atoms with Crippen LogP contribution in [0, 0.1) is 0 Å². The number of carbonyl (C=O) groups is 2. The normalized spacial score (nSPS) is 28.8. The first kappa shape index (κ1) is 19.2. The van der Waals surface area contributed by atoms with E-state index in [0.29, 0.717) is 24.1 Å². The van der Waals surface area contributed by atoms with Crippen LogP contribution in [0.4, 0.5) is 0 Å². The molecule has 30 heavy (non-hydrogen) atoms. The lowest BCUT2D eigenvalue weighted by Gasteiger charge is -2.69. The van der Waals surface area contributed by atoms with Crippen LogP contribution >= 0.6 is 0 Å². The summed E-state index contributed by atoms with van der Waals surface area (Å²) in [6.07, 6.45) is 12.6. The maximum atomic E-state index is 12.7. The standard InChI is InChI=1S/C22H27N5O3/c1-2-15-8-16(10-23-9-15)18(28)24-20-12-21(13-20,14-20)27-11-17(25-26-27)22(19(29)30)6-4-3-5-7-22/h8-11H,2-7,12-14H2,1H3,(H,24,28)(H,29,30). The number of carbonyl (C=O) groups excluding carboxylic acids is 1. The highest BCUT2D eigenvalue weighted by Crippen LogP contribution is 2.65. The topological polar surface area (TPSA) is 110 Å². The summed E-state index contributed by atoms with van der Waals surface area (Å²) in [4.78, 5) is 28.9. The van der Waals surface area contributed by atoms with Crippen LogP contribution in [0.3, 0.4) is 0 Å². The van der Waals surface area contributed by atoms with E-state index in [-0.39, 0.29) is 17.0 Å². The van der Waals surface area contributed by atoms with E-state index in [0.717, 1.165) is 50.5 Å². The summed E-state index contributed by atoms with van der Waals surface area (Å²) in [5.74, 6) is -0.879. The minimum absolute atomic E-state index is 0.0857. The highest BCUT2D eigenvalue weighted by atomic mass is 16.4. The summed E-state index contributed by atoms with van der Waals surface area (Å²) in [6.45, 7) is 2.04. The first-order valence-electron chi connectivity index (χ1n) is 10.8. The zero-order valence-electron chi connectivity index (χ0n) is 17.2. The first-order chi connectivity index (χ1) is 14.4. The number of nitrogens with one attached hydrogen (secondary N) is 1. The molecule has 2 aromatic heterocycles. The summed E-state index contributed by atoms with van der Waals surface area (Å²) in [6, 6.07) is 1.89. The molecule has 2 N–H and O–H groups in total. The number of nitrogens with zero attached hydrogens (tertiary/aromatic N) is 4. The summed E-state index contributed by atoms with van der Waals surface area (Å²) in [5, 5.41) is 21.7. The second-order valence-corrected chi connectivity index (χ2v) is 9.42. The Bertz CT molecular complexity index is 988. The fourth-order valence-electron chi connectivity index (χ4n) is 5.68. The Balaban J connectivity index is 1.27. The maximum Gasteiger partial charge on any atom is 0.315 e. The quantitative estimate of drug-likeness (QED) is 0.759. The van der Waals surface area contributed by atoms with Gasteiger partial charge in [0.25, 0.3) is 5.91 Å². The van der Waals surface area contributed by atoms with Crippen molar-refractivity contribution >= 4 is 11.9 Å². The maximum absolute atomic E-state index is 12.7. The van der Waals surface area contributed by atoms with Crippen molar-refractivity contribution < 1.29 is 14.7 Å². The number of hydrogen-bond acceptors (Lipinski definition) is 5. The Labute approximate surface area is 175 Å². The molecule has 0 aliphatic heterocycles. The van der Waals surface area contributed by atoms with Crippen LogP contribution in [0.2, 0.25) is 0 Å². The van der Waals surface area contributed by atoms with Gasteiger partial charge in [0.05, 0.1) is 23.0 Å². The lowest BCUT2D eigenvalue weighted by Crippen LogP contribution is -2.78. The molecule has 2 heterocycles. The average molecular weight is 409 g/mol. The van der Waals surface area contributed by atoms with E-state index in [1.165, 1.54) is 0 Å². The second-order valence-electron chi connectivity index (χ2n) is 9.42. The monoisotopic (exact) mass is 409 g/mol. The number of hydrogen-bond donors (Lipinski definition) is 2. The zero-order valence-corrected chi connectivity index (χ0v) is 17.2. The number of aromatic nitrogens is 4. The Morgan fingerprint density at radius 2 is 1.90 bits per heavy atom. The number of carboxylic acid groups (broad SMARTS) is 1. The third-order valence-electron chi connectivity index (χ3n) is 7.43. The molecule has 0 aromatic carbocycles. The van der Waals surface area contributed by atoms with Gasteiger partial charge in [-0.1, -0.05) is 31.4 Å². The van der Waals surface area contributed by atoms with Gasteiger partial charge in [-0.05, 0) is 50.2 Å². The number of amides is 1. The molecule has 1 amide bonds. The van der Waals surface area contributed by atoms with Gasteiger partial charge in [-0.2, -0.15) is 0 Å². The highest BCUT2D eigenvalue weighted by Gasteiger charge is 2.70. The Morgan fingerprint density at radius 1 is 1.17 bits per heavy atom. The molecule has 4 aliphatic rings.